The molecule has 0 aliphatic carbocycles. The van der Waals surface area contributed by atoms with Crippen molar-refractivity contribution in [2.75, 3.05) is 6.61 Å². The highest BCUT2D eigenvalue weighted by atomic mass is 79.9. The number of benzene rings is 3. The van der Waals surface area contributed by atoms with E-state index in [0.717, 1.165) is 57.7 Å². The minimum absolute atomic E-state index is 0.208. The van der Waals surface area contributed by atoms with E-state index in [1.165, 1.54) is 15.9 Å². The van der Waals surface area contributed by atoms with E-state index in [-0.39, 0.29) is 5.56 Å². The number of aromatic nitrogens is 5. The fraction of sp³-hybridized carbons (Fsp3) is 0.125. The van der Waals surface area contributed by atoms with E-state index in [1.807, 2.05) is 108 Å². The number of nitrogens with zero attached hydrogens (tertiary/aromatic N) is 5. The predicted octanol–water partition coefficient (Wildman–Crippen LogP) is 6.66. The number of hydrogen-bond acceptors (Lipinski definition) is 6. The molecule has 204 valence electrons. The van der Waals surface area contributed by atoms with Gasteiger partial charge in [0.05, 0.1) is 22.5 Å². The molecule has 9 heteroatoms. The van der Waals surface area contributed by atoms with Gasteiger partial charge in [0.15, 0.2) is 5.82 Å². The van der Waals surface area contributed by atoms with E-state index >= 15 is 0 Å². The highest BCUT2D eigenvalue weighted by Gasteiger charge is 2.14. The Morgan fingerprint density at radius 3 is 2.46 bits per heavy atom. The van der Waals surface area contributed by atoms with Crippen molar-refractivity contribution in [2.45, 2.75) is 19.8 Å². The Kier molecular flexibility index (Phi) is 7.89. The first-order valence-corrected chi connectivity index (χ1v) is 14.9. The summed E-state index contributed by atoms with van der Waals surface area (Å²) in [5.74, 6) is 1.34. The van der Waals surface area contributed by atoms with Gasteiger partial charge in [-0.1, -0.05) is 89.2 Å². The number of thiazole rings is 1. The number of para-hydroxylation sites is 1. The molecule has 3 aromatic carbocycles. The molecule has 0 aliphatic heterocycles. The van der Waals surface area contributed by atoms with Crippen LogP contribution >= 0.6 is 27.3 Å². The molecule has 0 saturated heterocycles. The van der Waals surface area contributed by atoms with Gasteiger partial charge in [0.25, 0.3) is 5.56 Å². The standard InChI is InChI=1S/C32H26BrN5O2S/c1-2-3-19-40-27-16-9-22(10-17-27)11-18-29-34-32-38(35-29)31(39)28(41-32)20-24-21-37(26-7-5-4-6-8-26)36-30(24)23-12-14-25(33)15-13-23/h4-18,20-21H,2-3,19H2,1H3/b18-11+,28-20-. The molecule has 0 amide bonds. The van der Waals surface area contributed by atoms with Crippen LogP contribution in [-0.2, 0) is 0 Å². The Bertz CT molecular complexity index is 1920. The first-order valence-electron chi connectivity index (χ1n) is 13.3. The zero-order valence-electron chi connectivity index (χ0n) is 22.3. The first kappa shape index (κ1) is 26.9. The first-order chi connectivity index (χ1) is 20.1. The molecule has 41 heavy (non-hydrogen) atoms. The van der Waals surface area contributed by atoms with Gasteiger partial charge >= 0.3 is 0 Å². The third-order valence-corrected chi connectivity index (χ3v) is 7.93. The third-order valence-electron chi connectivity index (χ3n) is 6.44. The average Bonchev–Trinajstić information content (AvgIpc) is 3.68. The molecular formula is C32H26BrN5O2S. The van der Waals surface area contributed by atoms with Crippen LogP contribution in [0, 0.1) is 0 Å². The van der Waals surface area contributed by atoms with E-state index in [2.05, 4.69) is 32.9 Å². The Hall–Kier alpha value is -4.34. The van der Waals surface area contributed by atoms with E-state index < -0.39 is 0 Å². The Morgan fingerprint density at radius 1 is 0.951 bits per heavy atom. The topological polar surface area (TPSA) is 74.3 Å². The van der Waals surface area contributed by atoms with Crippen LogP contribution in [0.2, 0.25) is 0 Å². The van der Waals surface area contributed by atoms with Gasteiger partial charge in [-0.2, -0.15) is 14.6 Å². The fourth-order valence-electron chi connectivity index (χ4n) is 4.28. The molecule has 0 radical (unpaired) electrons. The van der Waals surface area contributed by atoms with E-state index in [1.54, 1.807) is 0 Å². The molecule has 0 unspecified atom stereocenters. The van der Waals surface area contributed by atoms with Crippen molar-refractivity contribution in [3.05, 3.63) is 121 Å². The van der Waals surface area contributed by atoms with Crippen molar-refractivity contribution in [2.24, 2.45) is 0 Å². The van der Waals surface area contributed by atoms with E-state index in [0.29, 0.717) is 15.3 Å². The quantitative estimate of drug-likeness (QED) is 0.168. The van der Waals surface area contributed by atoms with Crippen LogP contribution in [-0.4, -0.2) is 31.0 Å². The van der Waals surface area contributed by atoms with Crippen molar-refractivity contribution < 1.29 is 4.74 Å². The summed E-state index contributed by atoms with van der Waals surface area (Å²) in [5, 5.41) is 9.30. The zero-order chi connectivity index (χ0) is 28.2. The number of fused-ring (bicyclic) bond motifs is 1. The molecule has 0 saturated carbocycles. The Balaban J connectivity index is 1.30. The molecule has 7 nitrogen and oxygen atoms in total. The molecule has 6 rings (SSSR count). The molecule has 0 aliphatic rings. The van der Waals surface area contributed by atoms with E-state index in [9.17, 15) is 4.79 Å². The molecular weight excluding hydrogens is 598 g/mol. The third kappa shape index (κ3) is 6.06. The molecule has 0 bridgehead atoms. The monoisotopic (exact) mass is 623 g/mol. The van der Waals surface area contributed by atoms with Gasteiger partial charge in [0.1, 0.15) is 5.75 Å². The average molecular weight is 625 g/mol. The summed E-state index contributed by atoms with van der Waals surface area (Å²) >= 11 is 4.81. The van der Waals surface area contributed by atoms with Gasteiger partial charge in [-0.05, 0) is 60.5 Å². The van der Waals surface area contributed by atoms with Gasteiger partial charge < -0.3 is 4.74 Å². The van der Waals surface area contributed by atoms with Crippen LogP contribution in [0.3, 0.4) is 0 Å². The summed E-state index contributed by atoms with van der Waals surface area (Å²) in [5.41, 5.74) is 4.29. The summed E-state index contributed by atoms with van der Waals surface area (Å²) in [6, 6.07) is 25.8. The molecule has 6 aromatic rings. The maximum atomic E-state index is 13.3. The number of rotatable bonds is 9. The minimum atomic E-state index is -0.208. The second-order valence-corrected chi connectivity index (χ2v) is 11.3. The fourth-order valence-corrected chi connectivity index (χ4v) is 5.45. The second kappa shape index (κ2) is 12.0. The summed E-state index contributed by atoms with van der Waals surface area (Å²) in [6.07, 6.45) is 9.69. The van der Waals surface area contributed by atoms with Crippen molar-refractivity contribution in [1.29, 1.82) is 0 Å². The summed E-state index contributed by atoms with van der Waals surface area (Å²) in [6.45, 7) is 2.86. The lowest BCUT2D eigenvalue weighted by atomic mass is 10.1. The SMILES string of the molecule is CCCCOc1ccc(/C=C/c2nc3s/c(=C\c4cn(-c5ccccc5)nc4-c4ccc(Br)cc4)c(=O)n3n2)cc1. The van der Waals surface area contributed by atoms with Gasteiger partial charge in [-0.3, -0.25) is 4.79 Å². The van der Waals surface area contributed by atoms with Gasteiger partial charge in [0, 0.05) is 21.8 Å². The number of hydrogen-bond donors (Lipinski definition) is 0. The number of halogens is 1. The van der Waals surface area contributed by atoms with Gasteiger partial charge in [-0.25, -0.2) is 4.68 Å². The largest absolute Gasteiger partial charge is 0.494 e. The highest BCUT2D eigenvalue weighted by Crippen LogP contribution is 2.26. The van der Waals surface area contributed by atoms with Crippen molar-refractivity contribution in [1.82, 2.24) is 24.4 Å². The second-order valence-electron chi connectivity index (χ2n) is 9.40. The molecule has 0 spiro atoms. The maximum absolute atomic E-state index is 13.3. The molecule has 3 aromatic heterocycles. The minimum Gasteiger partial charge on any atom is -0.494 e. The lowest BCUT2D eigenvalue weighted by Crippen LogP contribution is -2.23. The van der Waals surface area contributed by atoms with Gasteiger partial charge in [0.2, 0.25) is 4.96 Å². The van der Waals surface area contributed by atoms with Crippen LogP contribution < -0.4 is 14.8 Å². The van der Waals surface area contributed by atoms with Crippen LogP contribution in [0.15, 0.2) is 94.3 Å². The summed E-state index contributed by atoms with van der Waals surface area (Å²) < 4.78 is 10.4. The van der Waals surface area contributed by atoms with Gasteiger partial charge in [-0.15, -0.1) is 5.10 Å². The number of ether oxygens (including phenoxy) is 1. The summed E-state index contributed by atoms with van der Waals surface area (Å²) in [4.78, 5) is 18.4. The highest BCUT2D eigenvalue weighted by molar-refractivity contribution is 9.10. The lowest BCUT2D eigenvalue weighted by molar-refractivity contribution is 0.309. The van der Waals surface area contributed by atoms with E-state index in [4.69, 9.17) is 9.84 Å². The van der Waals surface area contributed by atoms with Crippen molar-refractivity contribution >= 4 is 50.5 Å². The molecule has 0 atom stereocenters. The van der Waals surface area contributed by atoms with Crippen molar-refractivity contribution in [3.8, 4) is 22.7 Å². The van der Waals surface area contributed by atoms with Crippen LogP contribution in [0.4, 0.5) is 0 Å². The smallest absolute Gasteiger partial charge is 0.291 e. The normalized spacial score (nSPS) is 12.1. The van der Waals surface area contributed by atoms with Crippen LogP contribution in [0.25, 0.3) is 40.1 Å². The Morgan fingerprint density at radius 2 is 1.73 bits per heavy atom. The Labute approximate surface area is 249 Å². The van der Waals surface area contributed by atoms with Crippen molar-refractivity contribution in [3.63, 3.8) is 0 Å². The van der Waals surface area contributed by atoms with Crippen LogP contribution in [0.1, 0.15) is 36.7 Å². The summed E-state index contributed by atoms with van der Waals surface area (Å²) in [7, 11) is 0. The molecule has 0 N–H and O–H groups in total. The molecule has 3 heterocycles. The lowest BCUT2D eigenvalue weighted by Gasteiger charge is -2.04. The number of unbranched alkanes of at least 4 members (excludes halogenated alkanes) is 1. The predicted molar refractivity (Wildman–Crippen MR) is 168 cm³/mol. The molecule has 0 fully saturated rings. The van der Waals surface area contributed by atoms with Crippen LogP contribution in [0.5, 0.6) is 5.75 Å². The maximum Gasteiger partial charge on any atom is 0.291 e. The zero-order valence-corrected chi connectivity index (χ0v) is 24.7.